The first-order valence-corrected chi connectivity index (χ1v) is 7.84. The molecule has 0 heterocycles. The van der Waals surface area contributed by atoms with Crippen LogP contribution in [0.15, 0.2) is 48.5 Å². The number of amides is 1. The second kappa shape index (κ2) is 7.92. The van der Waals surface area contributed by atoms with Crippen molar-refractivity contribution < 1.29 is 22.7 Å². The zero-order valence-electron chi connectivity index (χ0n) is 13.9. The summed E-state index contributed by atoms with van der Waals surface area (Å²) in [5.74, 6) is 0.314. The molecule has 0 spiro atoms. The molecule has 7 heteroatoms. The van der Waals surface area contributed by atoms with E-state index in [9.17, 15) is 18.0 Å². The second-order valence-corrected chi connectivity index (χ2v) is 5.26. The number of carbonyl (C=O) groups excluding carboxylic acids is 1. The molecule has 0 unspecified atom stereocenters. The van der Waals surface area contributed by atoms with Crippen molar-refractivity contribution in [2.45, 2.75) is 20.0 Å². The topological polar surface area (TPSA) is 41.6 Å². The van der Waals surface area contributed by atoms with Crippen LogP contribution >= 0.6 is 0 Å². The summed E-state index contributed by atoms with van der Waals surface area (Å²) in [5.41, 5.74) is 0.0722. The molecule has 0 saturated heterocycles. The lowest BCUT2D eigenvalue weighted by molar-refractivity contribution is -0.137. The summed E-state index contributed by atoms with van der Waals surface area (Å²) in [6.45, 7) is 5.63. The molecule has 4 nitrogen and oxygen atoms in total. The van der Waals surface area contributed by atoms with Crippen LogP contribution in [0.5, 0.6) is 5.75 Å². The molecule has 0 aliphatic carbocycles. The standard InChI is InChI=1S/C18H19F3N2O2/c1-3-23(4-2)15-9-6-10-16(12-15)25-17(24)22-14-8-5-7-13(11-14)18(19,20)21/h5-12H,3-4H2,1-2H3,(H,22,24). The van der Waals surface area contributed by atoms with Crippen molar-refractivity contribution in [1.82, 2.24) is 0 Å². The van der Waals surface area contributed by atoms with Crippen LogP contribution in [0, 0.1) is 0 Å². The van der Waals surface area contributed by atoms with Gasteiger partial charge in [0.05, 0.1) is 5.56 Å². The van der Waals surface area contributed by atoms with Gasteiger partial charge in [0.15, 0.2) is 0 Å². The van der Waals surface area contributed by atoms with Crippen molar-refractivity contribution in [2.24, 2.45) is 0 Å². The monoisotopic (exact) mass is 352 g/mol. The molecule has 0 atom stereocenters. The summed E-state index contributed by atoms with van der Waals surface area (Å²) in [6.07, 6.45) is -5.32. The fourth-order valence-electron chi connectivity index (χ4n) is 2.36. The van der Waals surface area contributed by atoms with Crippen molar-refractivity contribution >= 4 is 17.5 Å². The van der Waals surface area contributed by atoms with Crippen LogP contribution in [0.1, 0.15) is 19.4 Å². The molecule has 1 amide bonds. The second-order valence-electron chi connectivity index (χ2n) is 5.26. The van der Waals surface area contributed by atoms with Crippen LogP contribution in [0.3, 0.4) is 0 Å². The Bertz CT molecular complexity index is 728. The molecular formula is C18H19F3N2O2. The van der Waals surface area contributed by atoms with E-state index in [0.717, 1.165) is 30.9 Å². The van der Waals surface area contributed by atoms with Gasteiger partial charge in [0, 0.05) is 30.5 Å². The smallest absolute Gasteiger partial charge is 0.410 e. The van der Waals surface area contributed by atoms with Crippen LogP contribution < -0.4 is 15.0 Å². The number of hydrogen-bond donors (Lipinski definition) is 1. The van der Waals surface area contributed by atoms with E-state index in [1.165, 1.54) is 12.1 Å². The Morgan fingerprint density at radius 2 is 1.76 bits per heavy atom. The molecule has 2 aromatic rings. The fraction of sp³-hybridized carbons (Fsp3) is 0.278. The minimum absolute atomic E-state index is 0.0136. The molecule has 0 fully saturated rings. The number of ether oxygens (including phenoxy) is 1. The van der Waals surface area contributed by atoms with E-state index in [1.807, 2.05) is 19.9 Å². The number of nitrogens with one attached hydrogen (secondary N) is 1. The predicted octanol–water partition coefficient (Wildman–Crippen LogP) is 5.16. The lowest BCUT2D eigenvalue weighted by Crippen LogP contribution is -2.22. The van der Waals surface area contributed by atoms with Crippen molar-refractivity contribution in [3.8, 4) is 5.75 Å². The number of halogens is 3. The van der Waals surface area contributed by atoms with E-state index in [0.29, 0.717) is 5.75 Å². The van der Waals surface area contributed by atoms with Crippen LogP contribution in [0.2, 0.25) is 0 Å². The Labute approximate surface area is 144 Å². The van der Waals surface area contributed by atoms with Crippen molar-refractivity contribution in [1.29, 1.82) is 0 Å². The summed E-state index contributed by atoms with van der Waals surface area (Å²) in [6, 6.07) is 11.3. The summed E-state index contributed by atoms with van der Waals surface area (Å²) >= 11 is 0. The van der Waals surface area contributed by atoms with E-state index in [-0.39, 0.29) is 5.69 Å². The largest absolute Gasteiger partial charge is 0.417 e. The summed E-state index contributed by atoms with van der Waals surface area (Å²) in [5, 5.41) is 2.30. The maximum absolute atomic E-state index is 12.7. The molecule has 0 radical (unpaired) electrons. The lowest BCUT2D eigenvalue weighted by Gasteiger charge is -2.21. The van der Waals surface area contributed by atoms with E-state index in [4.69, 9.17) is 4.74 Å². The predicted molar refractivity (Wildman–Crippen MR) is 91.1 cm³/mol. The number of benzene rings is 2. The van der Waals surface area contributed by atoms with Crippen molar-refractivity contribution in [3.63, 3.8) is 0 Å². The Morgan fingerprint density at radius 3 is 2.40 bits per heavy atom. The number of anilines is 2. The Balaban J connectivity index is 2.07. The van der Waals surface area contributed by atoms with Crippen LogP contribution in [0.25, 0.3) is 0 Å². The van der Waals surface area contributed by atoms with E-state index in [2.05, 4.69) is 10.2 Å². The van der Waals surface area contributed by atoms with Gasteiger partial charge in [-0.05, 0) is 44.2 Å². The molecule has 0 bridgehead atoms. The van der Waals surface area contributed by atoms with E-state index < -0.39 is 17.8 Å². The van der Waals surface area contributed by atoms with Crippen LogP contribution in [-0.4, -0.2) is 19.2 Å². The number of hydrogen-bond acceptors (Lipinski definition) is 3. The van der Waals surface area contributed by atoms with Gasteiger partial charge in [0.1, 0.15) is 5.75 Å². The first-order valence-electron chi connectivity index (χ1n) is 7.84. The third kappa shape index (κ3) is 5.14. The maximum Gasteiger partial charge on any atom is 0.417 e. The third-order valence-electron chi connectivity index (χ3n) is 3.59. The average Bonchev–Trinajstić information content (AvgIpc) is 2.56. The van der Waals surface area contributed by atoms with Gasteiger partial charge in [-0.25, -0.2) is 4.79 Å². The Hall–Kier alpha value is -2.70. The maximum atomic E-state index is 12.7. The summed E-state index contributed by atoms with van der Waals surface area (Å²) in [4.78, 5) is 14.0. The molecule has 0 aromatic heterocycles. The minimum Gasteiger partial charge on any atom is -0.410 e. The molecule has 134 valence electrons. The molecule has 2 rings (SSSR count). The van der Waals surface area contributed by atoms with Gasteiger partial charge < -0.3 is 9.64 Å². The van der Waals surface area contributed by atoms with Gasteiger partial charge in [-0.15, -0.1) is 0 Å². The van der Waals surface area contributed by atoms with Gasteiger partial charge >= 0.3 is 12.3 Å². The molecule has 0 aliphatic rings. The lowest BCUT2D eigenvalue weighted by atomic mass is 10.2. The van der Waals surface area contributed by atoms with E-state index >= 15 is 0 Å². The number of alkyl halides is 3. The molecule has 2 aromatic carbocycles. The quantitative estimate of drug-likeness (QED) is 0.808. The molecule has 25 heavy (non-hydrogen) atoms. The van der Waals surface area contributed by atoms with Crippen LogP contribution in [0.4, 0.5) is 29.3 Å². The highest BCUT2D eigenvalue weighted by Crippen LogP contribution is 2.30. The number of carbonyl (C=O) groups is 1. The van der Waals surface area contributed by atoms with Gasteiger partial charge in [0.2, 0.25) is 0 Å². The molecule has 1 N–H and O–H groups in total. The highest BCUT2D eigenvalue weighted by atomic mass is 19.4. The first-order chi connectivity index (χ1) is 11.8. The van der Waals surface area contributed by atoms with Gasteiger partial charge in [-0.2, -0.15) is 13.2 Å². The van der Waals surface area contributed by atoms with E-state index in [1.54, 1.807) is 18.2 Å². The number of rotatable bonds is 5. The summed E-state index contributed by atoms with van der Waals surface area (Å²) < 4.78 is 43.2. The van der Waals surface area contributed by atoms with Gasteiger partial charge in [0.25, 0.3) is 0 Å². The fourth-order valence-corrected chi connectivity index (χ4v) is 2.36. The zero-order valence-corrected chi connectivity index (χ0v) is 13.9. The van der Waals surface area contributed by atoms with Crippen molar-refractivity contribution in [3.05, 3.63) is 54.1 Å². The van der Waals surface area contributed by atoms with Gasteiger partial charge in [-0.1, -0.05) is 12.1 Å². The van der Waals surface area contributed by atoms with Crippen molar-refractivity contribution in [2.75, 3.05) is 23.3 Å². The molecule has 0 aliphatic heterocycles. The Kier molecular flexibility index (Phi) is 5.90. The summed E-state index contributed by atoms with van der Waals surface area (Å²) in [7, 11) is 0. The van der Waals surface area contributed by atoms with Crippen LogP contribution in [-0.2, 0) is 6.18 Å². The Morgan fingerprint density at radius 1 is 1.08 bits per heavy atom. The minimum atomic E-state index is -4.47. The third-order valence-corrected chi connectivity index (χ3v) is 3.59. The molecule has 0 saturated carbocycles. The first kappa shape index (κ1) is 18.6. The highest BCUT2D eigenvalue weighted by molar-refractivity contribution is 5.86. The molecular weight excluding hydrogens is 333 g/mol. The average molecular weight is 352 g/mol. The SMILES string of the molecule is CCN(CC)c1cccc(OC(=O)Nc2cccc(C(F)(F)F)c2)c1. The normalized spacial score (nSPS) is 11.1. The zero-order chi connectivity index (χ0) is 18.4. The van der Waals surface area contributed by atoms with Gasteiger partial charge in [-0.3, -0.25) is 5.32 Å². The number of nitrogens with zero attached hydrogens (tertiary/aromatic N) is 1. The highest BCUT2D eigenvalue weighted by Gasteiger charge is 2.30.